The third-order valence-electron chi connectivity index (χ3n) is 13.2. The molecule has 2 atom stereocenters. The number of nitrogens with two attached hydrogens (primary N) is 2. The maximum atomic E-state index is 13.5. The first-order chi connectivity index (χ1) is 33.6. The Morgan fingerprint density at radius 3 is 1.60 bits per heavy atom. The van der Waals surface area contributed by atoms with Gasteiger partial charge < -0.3 is 21.7 Å². The third-order valence-corrected chi connectivity index (χ3v) is 13.2. The smallest absolute Gasteiger partial charge is 0.219 e. The van der Waals surface area contributed by atoms with E-state index >= 15 is 0 Å². The Morgan fingerprint density at radius 1 is 0.643 bits per heavy atom. The first-order valence-electron chi connectivity index (χ1n) is 23.0. The van der Waals surface area contributed by atoms with Gasteiger partial charge in [-0.25, -0.2) is 19.0 Å². The number of hydrogen-bond donors (Lipinski definition) is 3. The van der Waals surface area contributed by atoms with Gasteiger partial charge in [-0.3, -0.25) is 23.7 Å². The number of anilines is 2. The number of likely N-dealkylation sites (tertiary alicyclic amines) is 1. The second-order valence-electron chi connectivity index (χ2n) is 17.7. The van der Waals surface area contributed by atoms with Crippen LogP contribution in [-0.4, -0.2) is 97.3 Å². The Hall–Kier alpha value is -8.28. The van der Waals surface area contributed by atoms with Crippen LogP contribution in [0.15, 0.2) is 134 Å². The van der Waals surface area contributed by atoms with E-state index in [2.05, 4.69) is 49.7 Å². The van der Waals surface area contributed by atoms with Crippen LogP contribution in [-0.2, 0) is 17.9 Å². The van der Waals surface area contributed by atoms with E-state index in [1.807, 2.05) is 107 Å². The van der Waals surface area contributed by atoms with Crippen LogP contribution >= 0.6 is 12.4 Å². The fourth-order valence-electron chi connectivity index (χ4n) is 9.66. The van der Waals surface area contributed by atoms with Gasteiger partial charge in [0.15, 0.2) is 23.2 Å². The van der Waals surface area contributed by atoms with E-state index in [9.17, 15) is 14.4 Å². The fraction of sp³-hybridized carbons (Fsp3) is 0.212. The van der Waals surface area contributed by atoms with E-state index in [4.69, 9.17) is 21.7 Å². The lowest BCUT2D eigenvalue weighted by molar-refractivity contribution is -0.127. The van der Waals surface area contributed by atoms with Crippen LogP contribution in [0.5, 0.6) is 0 Å². The van der Waals surface area contributed by atoms with E-state index in [1.165, 1.54) is 30.7 Å². The van der Waals surface area contributed by atoms with Crippen molar-refractivity contribution in [2.24, 2.45) is 11.8 Å². The number of nitrogen functional groups attached to an aromatic ring is 2. The molecule has 12 rings (SSSR count). The van der Waals surface area contributed by atoms with Crippen molar-refractivity contribution in [2.45, 2.75) is 32.9 Å². The molecular formula is C52H49ClN14O3. The topological polar surface area (TPSA) is 215 Å². The number of carbonyl (C=O) groups excluding carboxylic acids is 3. The van der Waals surface area contributed by atoms with Crippen molar-refractivity contribution >= 4 is 74.4 Å². The second kappa shape index (κ2) is 19.0. The molecule has 6 aromatic heterocycles. The van der Waals surface area contributed by atoms with Crippen LogP contribution in [0.1, 0.15) is 51.9 Å². The molecule has 0 saturated carbocycles. The molecule has 17 nitrogen and oxygen atoms in total. The Balaban J connectivity index is 0.000000160. The molecule has 0 bridgehead atoms. The molecule has 352 valence electrons. The maximum Gasteiger partial charge on any atom is 0.219 e. The van der Waals surface area contributed by atoms with Crippen LogP contribution in [0, 0.1) is 11.8 Å². The standard InChI is InChI=1S/C27H25N7O2.C25H23N7O.ClH/c1-17(35)32-10-9-21(14-32)26(36)24-12-22(25-27(28)29-16-30-34(24)25)19-7-8-20-15-33(31-23(20)11-19)13-18-5-3-2-4-6-18;26-25-23-20(11-22(32(23)29-15-28-25)24(33)18-8-9-27-12-18)17-6-7-19-14-31(30-21(19)10-17)13-16-4-2-1-3-5-16;/h2-8,11-12,15-16,21H,9-10,13-14H2,1H3,(H2,28,29,30);1-7,10-11,14-15,18,27H,8-9,12-13H2,(H2,26,28,29);1H. The van der Waals surface area contributed by atoms with Crippen LogP contribution in [0.2, 0.25) is 0 Å². The zero-order valence-corrected chi connectivity index (χ0v) is 39.0. The number of rotatable bonds is 10. The SMILES string of the molecule is CC(=O)N1CCC(C(=O)c2cc(-c3ccc4cn(Cc5ccccc5)nc4c3)c3c(N)ncnn23)C1.Cl.Nc1ncnn2c(C(=O)C3CCNC3)cc(-c3ccc4cn(Cc5ccccc5)nc4c3)c12. The first kappa shape index (κ1) is 45.5. The van der Waals surface area contributed by atoms with Gasteiger partial charge in [0.2, 0.25) is 5.91 Å². The molecule has 2 aliphatic rings. The number of nitrogens with one attached hydrogen (secondary N) is 1. The predicted molar refractivity (Wildman–Crippen MR) is 271 cm³/mol. The van der Waals surface area contributed by atoms with Gasteiger partial charge in [-0.2, -0.15) is 20.4 Å². The lowest BCUT2D eigenvalue weighted by Crippen LogP contribution is -2.28. The summed E-state index contributed by atoms with van der Waals surface area (Å²) in [5.74, 6) is 0.329. The summed E-state index contributed by atoms with van der Waals surface area (Å²) < 4.78 is 7.08. The minimum atomic E-state index is -0.271. The van der Waals surface area contributed by atoms with Crippen LogP contribution in [0.3, 0.4) is 0 Å². The quantitative estimate of drug-likeness (QED) is 0.118. The van der Waals surface area contributed by atoms with Gasteiger partial charge in [-0.05, 0) is 65.9 Å². The molecular weight excluding hydrogens is 904 g/mol. The van der Waals surface area contributed by atoms with E-state index in [0.29, 0.717) is 73.2 Å². The van der Waals surface area contributed by atoms with Crippen molar-refractivity contribution in [2.75, 3.05) is 37.6 Å². The Bertz CT molecular complexity index is 3580. The largest absolute Gasteiger partial charge is 0.382 e. The highest BCUT2D eigenvalue weighted by molar-refractivity contribution is 6.04. The highest BCUT2D eigenvalue weighted by Crippen LogP contribution is 2.35. The van der Waals surface area contributed by atoms with Gasteiger partial charge >= 0.3 is 0 Å². The molecule has 2 fully saturated rings. The molecule has 2 aliphatic heterocycles. The van der Waals surface area contributed by atoms with E-state index in [-0.39, 0.29) is 41.7 Å². The lowest BCUT2D eigenvalue weighted by Gasteiger charge is -2.13. The van der Waals surface area contributed by atoms with Crippen molar-refractivity contribution in [3.05, 3.63) is 157 Å². The number of fused-ring (bicyclic) bond motifs is 4. The monoisotopic (exact) mass is 952 g/mol. The van der Waals surface area contributed by atoms with Crippen molar-refractivity contribution in [1.29, 1.82) is 0 Å². The zero-order chi connectivity index (χ0) is 47.2. The zero-order valence-electron chi connectivity index (χ0n) is 38.2. The normalized spacial score (nSPS) is 15.6. The molecule has 8 heterocycles. The van der Waals surface area contributed by atoms with Gasteiger partial charge in [0.25, 0.3) is 0 Å². The van der Waals surface area contributed by atoms with Gasteiger partial charge in [-0.1, -0.05) is 84.9 Å². The van der Waals surface area contributed by atoms with Crippen molar-refractivity contribution in [3.63, 3.8) is 0 Å². The van der Waals surface area contributed by atoms with E-state index < -0.39 is 0 Å². The maximum absolute atomic E-state index is 13.5. The minimum Gasteiger partial charge on any atom is -0.382 e. The Labute approximate surface area is 407 Å². The number of hydrogen-bond acceptors (Lipinski definition) is 12. The first-order valence-corrected chi connectivity index (χ1v) is 23.0. The number of benzene rings is 4. The summed E-state index contributed by atoms with van der Waals surface area (Å²) >= 11 is 0. The molecule has 0 radical (unpaired) electrons. The number of nitrogens with zero attached hydrogens (tertiary/aromatic N) is 11. The fourth-order valence-corrected chi connectivity index (χ4v) is 9.66. The third kappa shape index (κ3) is 8.71. The molecule has 0 spiro atoms. The molecule has 0 aliphatic carbocycles. The van der Waals surface area contributed by atoms with Gasteiger partial charge in [0.05, 0.1) is 24.1 Å². The van der Waals surface area contributed by atoms with Gasteiger partial charge in [0, 0.05) is 72.7 Å². The molecule has 10 aromatic rings. The summed E-state index contributed by atoms with van der Waals surface area (Å²) in [6, 6.07) is 36.3. The number of halogens is 1. The molecule has 1 amide bonds. The van der Waals surface area contributed by atoms with Crippen LogP contribution in [0.25, 0.3) is 55.1 Å². The molecule has 70 heavy (non-hydrogen) atoms. The minimum absolute atomic E-state index is 0. The Kier molecular flexibility index (Phi) is 12.4. The van der Waals surface area contributed by atoms with Crippen LogP contribution in [0.4, 0.5) is 11.6 Å². The number of amides is 1. The summed E-state index contributed by atoms with van der Waals surface area (Å²) in [5, 5.41) is 23.6. The lowest BCUT2D eigenvalue weighted by atomic mass is 9.99. The summed E-state index contributed by atoms with van der Waals surface area (Å²) in [6.07, 6.45) is 8.28. The number of ketones is 2. The average Bonchev–Trinajstić information content (AvgIpc) is 4.23. The van der Waals surface area contributed by atoms with Gasteiger partial charge in [0.1, 0.15) is 35.1 Å². The Morgan fingerprint density at radius 2 is 1.14 bits per heavy atom. The average molecular weight is 954 g/mol. The van der Waals surface area contributed by atoms with E-state index in [0.717, 1.165) is 57.0 Å². The molecule has 2 unspecified atom stereocenters. The predicted octanol–water partition coefficient (Wildman–Crippen LogP) is 7.02. The van der Waals surface area contributed by atoms with Crippen LogP contribution < -0.4 is 16.8 Å². The number of Topliss-reactive ketones (excluding diaryl/α,β-unsaturated/α-hetero) is 2. The van der Waals surface area contributed by atoms with Crippen molar-refractivity contribution in [1.82, 2.24) is 59.0 Å². The number of carbonyl (C=O) groups is 3. The molecule has 5 N–H and O–H groups in total. The number of aromatic nitrogens is 10. The molecule has 4 aromatic carbocycles. The summed E-state index contributed by atoms with van der Waals surface area (Å²) in [4.78, 5) is 48.6. The summed E-state index contributed by atoms with van der Waals surface area (Å²) in [6.45, 7) is 5.46. The summed E-state index contributed by atoms with van der Waals surface area (Å²) in [7, 11) is 0. The second-order valence-corrected chi connectivity index (χ2v) is 17.7. The van der Waals surface area contributed by atoms with E-state index in [1.54, 1.807) is 13.9 Å². The summed E-state index contributed by atoms with van der Waals surface area (Å²) in [5.41, 5.74) is 22.2. The van der Waals surface area contributed by atoms with Crippen molar-refractivity contribution < 1.29 is 14.4 Å². The molecule has 2 saturated heterocycles. The highest BCUT2D eigenvalue weighted by atomic mass is 35.5. The van der Waals surface area contributed by atoms with Gasteiger partial charge in [-0.15, -0.1) is 12.4 Å². The molecule has 18 heteroatoms. The highest BCUT2D eigenvalue weighted by Gasteiger charge is 2.33. The van der Waals surface area contributed by atoms with Crippen molar-refractivity contribution in [3.8, 4) is 22.3 Å².